The summed E-state index contributed by atoms with van der Waals surface area (Å²) in [7, 11) is 2.95. The minimum Gasteiger partial charge on any atom is -0.496 e. The van der Waals surface area contributed by atoms with Crippen molar-refractivity contribution < 1.29 is 50.1 Å². The second-order valence-corrected chi connectivity index (χ2v) is 13.6. The summed E-state index contributed by atoms with van der Waals surface area (Å²) in [5.74, 6) is 0.216. The summed E-state index contributed by atoms with van der Waals surface area (Å²) in [6, 6.07) is 6.34. The van der Waals surface area contributed by atoms with E-state index >= 15 is 0 Å². The van der Waals surface area contributed by atoms with Gasteiger partial charge in [0.25, 0.3) is 0 Å². The van der Waals surface area contributed by atoms with Gasteiger partial charge < -0.3 is 14.2 Å². The van der Waals surface area contributed by atoms with Crippen molar-refractivity contribution in [1.29, 1.82) is 0 Å². The fourth-order valence-electron chi connectivity index (χ4n) is 7.02. The molecule has 1 fully saturated rings. The molecule has 12 heteroatoms. The highest BCUT2D eigenvalue weighted by atomic mass is 19.4. The van der Waals surface area contributed by atoms with Crippen LogP contribution in [-0.2, 0) is 26.6 Å². The highest BCUT2D eigenvalue weighted by Gasteiger charge is 2.44. The predicted octanol–water partition coefficient (Wildman–Crippen LogP) is 9.63. The molecular formula is C36H39F6NO5. The molecule has 0 radical (unpaired) electrons. The Kier molecular flexibility index (Phi) is 9.69. The van der Waals surface area contributed by atoms with Crippen molar-refractivity contribution >= 4 is 23.2 Å². The molecule has 1 amide bonds. The lowest BCUT2D eigenvalue weighted by atomic mass is 9.72. The summed E-state index contributed by atoms with van der Waals surface area (Å²) in [6.45, 7) is 5.86. The van der Waals surface area contributed by atoms with Crippen LogP contribution in [0.3, 0.4) is 0 Å². The maximum absolute atomic E-state index is 13.6. The molecular weight excluding hydrogens is 640 g/mol. The summed E-state index contributed by atoms with van der Waals surface area (Å²) in [5.41, 5.74) is 1.37. The third-order valence-electron chi connectivity index (χ3n) is 9.70. The number of hydrogen-bond acceptors (Lipinski definition) is 5. The van der Waals surface area contributed by atoms with Crippen LogP contribution in [0.2, 0.25) is 0 Å². The highest BCUT2D eigenvalue weighted by molar-refractivity contribution is 5.80. The zero-order valence-corrected chi connectivity index (χ0v) is 27.5. The van der Waals surface area contributed by atoms with Crippen molar-refractivity contribution in [2.45, 2.75) is 83.8 Å². The number of amides is 1. The largest absolute Gasteiger partial charge is 0.496 e. The number of carbonyl (C=O) groups excluding carboxylic acids is 2. The molecule has 3 aliphatic rings. The number of allylic oxidation sites excluding steroid dienone is 3. The van der Waals surface area contributed by atoms with Crippen LogP contribution >= 0.6 is 0 Å². The summed E-state index contributed by atoms with van der Waals surface area (Å²) >= 11 is 0. The molecule has 2 aromatic rings. The Hall–Kier alpha value is -3.96. The average Bonchev–Trinajstić information content (AvgIpc) is 3.31. The van der Waals surface area contributed by atoms with Gasteiger partial charge in [-0.2, -0.15) is 26.3 Å². The molecule has 260 valence electrons. The molecule has 0 bridgehead atoms. The summed E-state index contributed by atoms with van der Waals surface area (Å²) < 4.78 is 97.8. The molecule has 1 heterocycles. The molecule has 0 aromatic heterocycles. The van der Waals surface area contributed by atoms with E-state index in [1.165, 1.54) is 12.0 Å². The van der Waals surface area contributed by atoms with Gasteiger partial charge in [0.05, 0.1) is 37.3 Å². The topological polar surface area (TPSA) is 65.1 Å². The van der Waals surface area contributed by atoms with Gasteiger partial charge in [-0.05, 0) is 109 Å². The first kappa shape index (κ1) is 35.3. The zero-order valence-electron chi connectivity index (χ0n) is 27.5. The van der Waals surface area contributed by atoms with Gasteiger partial charge in [-0.15, -0.1) is 0 Å². The van der Waals surface area contributed by atoms with Gasteiger partial charge >= 0.3 is 24.4 Å². The molecule has 2 aliphatic carbocycles. The van der Waals surface area contributed by atoms with Crippen LogP contribution in [0.15, 0.2) is 48.0 Å². The Balaban J connectivity index is 1.50. The van der Waals surface area contributed by atoms with Crippen LogP contribution in [0, 0.1) is 11.3 Å². The highest BCUT2D eigenvalue weighted by Crippen LogP contribution is 2.47. The second kappa shape index (κ2) is 13.2. The smallest absolute Gasteiger partial charge is 0.416 e. The molecule has 6 nitrogen and oxygen atoms in total. The van der Waals surface area contributed by atoms with Gasteiger partial charge in [-0.25, -0.2) is 4.79 Å². The van der Waals surface area contributed by atoms with Gasteiger partial charge in [0.2, 0.25) is 0 Å². The molecule has 2 aromatic carbocycles. The number of methoxy groups -OCH3 is 2. The van der Waals surface area contributed by atoms with E-state index in [1.807, 2.05) is 18.2 Å². The molecule has 1 saturated heterocycles. The SMILES string of the molecule is COC(=O)C1CC=C(c2ccc(OC)c(C3=C(CN4C(=O)OC(c5cc(C(F)(F)F)cc(C(F)(F)F)c5)[C@@H]4C)CC(C)(C)CC3)c2)CC1. The van der Waals surface area contributed by atoms with E-state index in [1.54, 1.807) is 14.0 Å². The van der Waals surface area contributed by atoms with Gasteiger partial charge in [0.15, 0.2) is 0 Å². The summed E-state index contributed by atoms with van der Waals surface area (Å²) in [4.78, 5) is 26.7. The standard InChI is InChI=1S/C36H39F6NO5/c1-20-31(24-14-26(35(37,38)39)17-27(15-24)36(40,41)42)48-33(45)43(20)19-25-18-34(2,3)13-12-28(25)29-16-23(10-11-30(29)46-4)21-6-8-22(9-7-21)32(44)47-5/h6,10-11,14-17,20,22,31H,7-9,12-13,18-19H2,1-5H3/t20-,22?,31?/m0/s1. The minimum absolute atomic E-state index is 0.0618. The number of cyclic esters (lactones) is 1. The maximum Gasteiger partial charge on any atom is 0.416 e. The Morgan fingerprint density at radius 2 is 1.67 bits per heavy atom. The molecule has 48 heavy (non-hydrogen) atoms. The van der Waals surface area contributed by atoms with Crippen molar-refractivity contribution in [3.8, 4) is 5.75 Å². The second-order valence-electron chi connectivity index (χ2n) is 13.6. The normalized spacial score (nSPS) is 23.1. The number of esters is 1. The Labute approximate surface area is 275 Å². The van der Waals surface area contributed by atoms with E-state index in [4.69, 9.17) is 14.2 Å². The molecule has 2 unspecified atom stereocenters. The molecule has 0 N–H and O–H groups in total. The Morgan fingerprint density at radius 1 is 1.00 bits per heavy atom. The number of hydrogen-bond donors (Lipinski definition) is 0. The monoisotopic (exact) mass is 679 g/mol. The molecule has 5 rings (SSSR count). The number of halogens is 6. The fraction of sp³-hybridized carbons (Fsp3) is 0.500. The number of ether oxygens (including phenoxy) is 3. The first-order valence-corrected chi connectivity index (χ1v) is 15.8. The first-order valence-electron chi connectivity index (χ1n) is 15.8. The minimum atomic E-state index is -5.03. The van der Waals surface area contributed by atoms with Crippen molar-refractivity contribution in [3.05, 3.63) is 75.9 Å². The third kappa shape index (κ3) is 7.37. The Bertz CT molecular complexity index is 1610. The summed E-state index contributed by atoms with van der Waals surface area (Å²) in [6.07, 6.45) is -6.14. The van der Waals surface area contributed by atoms with E-state index in [9.17, 15) is 35.9 Å². The van der Waals surface area contributed by atoms with Crippen molar-refractivity contribution in [1.82, 2.24) is 4.90 Å². The number of alkyl halides is 6. The maximum atomic E-state index is 13.6. The number of carbonyl (C=O) groups is 2. The van der Waals surface area contributed by atoms with Gasteiger partial charge in [-0.1, -0.05) is 26.0 Å². The van der Waals surface area contributed by atoms with Crippen LogP contribution in [0.25, 0.3) is 11.1 Å². The predicted molar refractivity (Wildman–Crippen MR) is 167 cm³/mol. The third-order valence-corrected chi connectivity index (χ3v) is 9.70. The zero-order chi connectivity index (χ0) is 35.2. The van der Waals surface area contributed by atoms with E-state index < -0.39 is 41.7 Å². The average molecular weight is 680 g/mol. The fourth-order valence-corrected chi connectivity index (χ4v) is 7.02. The number of benzene rings is 2. The first-order chi connectivity index (χ1) is 22.4. The van der Waals surface area contributed by atoms with Crippen LogP contribution in [0.1, 0.15) is 93.2 Å². The molecule has 1 aliphatic heterocycles. The quantitative estimate of drug-likeness (QED) is 0.216. The van der Waals surface area contributed by atoms with Crippen molar-refractivity contribution in [2.75, 3.05) is 20.8 Å². The Morgan fingerprint density at radius 3 is 2.23 bits per heavy atom. The van der Waals surface area contributed by atoms with Crippen molar-refractivity contribution in [3.63, 3.8) is 0 Å². The molecule has 0 saturated carbocycles. The van der Waals surface area contributed by atoms with Crippen LogP contribution in [0.5, 0.6) is 5.75 Å². The summed E-state index contributed by atoms with van der Waals surface area (Å²) in [5, 5.41) is 0. The van der Waals surface area contributed by atoms with E-state index in [-0.39, 0.29) is 35.5 Å². The van der Waals surface area contributed by atoms with E-state index in [0.717, 1.165) is 34.3 Å². The van der Waals surface area contributed by atoms with Gasteiger partial charge in [-0.3, -0.25) is 9.69 Å². The van der Waals surface area contributed by atoms with Crippen molar-refractivity contribution in [2.24, 2.45) is 11.3 Å². The number of nitrogens with zero attached hydrogens (tertiary/aromatic N) is 1. The lowest BCUT2D eigenvalue weighted by Crippen LogP contribution is -2.35. The molecule has 3 atom stereocenters. The van der Waals surface area contributed by atoms with E-state index in [2.05, 4.69) is 19.9 Å². The van der Waals surface area contributed by atoms with Crippen LogP contribution < -0.4 is 4.74 Å². The lowest BCUT2D eigenvalue weighted by Gasteiger charge is -2.36. The lowest BCUT2D eigenvalue weighted by molar-refractivity contribution is -0.146. The van der Waals surface area contributed by atoms with E-state index in [0.29, 0.717) is 50.0 Å². The number of rotatable bonds is 7. The van der Waals surface area contributed by atoms with Gasteiger partial charge in [0, 0.05) is 12.1 Å². The van der Waals surface area contributed by atoms with Crippen LogP contribution in [-0.4, -0.2) is 43.8 Å². The van der Waals surface area contributed by atoms with Gasteiger partial charge in [0.1, 0.15) is 11.9 Å². The molecule has 0 spiro atoms. The van der Waals surface area contributed by atoms with Crippen LogP contribution in [0.4, 0.5) is 31.1 Å².